The molecule has 1 aromatic heterocycles. The molecule has 8 heteroatoms. The van der Waals surface area contributed by atoms with Crippen molar-refractivity contribution in [3.05, 3.63) is 30.0 Å². The van der Waals surface area contributed by atoms with E-state index in [4.69, 9.17) is 4.74 Å². The van der Waals surface area contributed by atoms with Crippen LogP contribution < -0.4 is 4.74 Å². The second-order valence-electron chi connectivity index (χ2n) is 5.86. The number of amidine groups is 1. The van der Waals surface area contributed by atoms with E-state index in [-0.39, 0.29) is 12.3 Å². The second-order valence-corrected chi connectivity index (χ2v) is 7.03. The van der Waals surface area contributed by atoms with Gasteiger partial charge in [-0.1, -0.05) is 11.8 Å². The van der Waals surface area contributed by atoms with Gasteiger partial charge in [0.25, 0.3) is 0 Å². The maximum atomic E-state index is 12.6. The largest absolute Gasteiger partial charge is 0.497 e. The third-order valence-electron chi connectivity index (χ3n) is 4.37. The maximum absolute atomic E-state index is 12.6. The number of hydrogen-bond acceptors (Lipinski definition) is 6. The monoisotopic (exact) mass is 375 g/mol. The number of benzene rings is 1. The van der Waals surface area contributed by atoms with Crippen LogP contribution in [-0.4, -0.2) is 60.0 Å². The van der Waals surface area contributed by atoms with Gasteiger partial charge in [-0.2, -0.15) is 0 Å². The van der Waals surface area contributed by atoms with E-state index in [2.05, 4.69) is 14.7 Å². The molecule has 1 aromatic carbocycles. The Morgan fingerprint density at radius 3 is 2.88 bits per heavy atom. The van der Waals surface area contributed by atoms with E-state index in [1.807, 2.05) is 24.4 Å². The van der Waals surface area contributed by atoms with Crippen LogP contribution >= 0.6 is 11.8 Å². The Kier molecular flexibility index (Phi) is 5.51. The molecule has 26 heavy (non-hydrogen) atoms. The van der Waals surface area contributed by atoms with Crippen LogP contribution in [0.4, 0.5) is 0 Å². The van der Waals surface area contributed by atoms with Gasteiger partial charge in [-0.3, -0.25) is 19.5 Å². The van der Waals surface area contributed by atoms with Gasteiger partial charge in [-0.25, -0.2) is 0 Å². The lowest BCUT2D eigenvalue weighted by molar-refractivity contribution is -0.142. The summed E-state index contributed by atoms with van der Waals surface area (Å²) in [5, 5.41) is 1.25. The molecule has 1 aliphatic rings. The third kappa shape index (κ3) is 3.55. The van der Waals surface area contributed by atoms with Crippen LogP contribution in [0.3, 0.4) is 0 Å². The highest BCUT2D eigenvalue weighted by Crippen LogP contribution is 2.30. The standard InChI is InChI=1S/C18H21N3O4S/c1-19-18-21(17(23)15(26-18)9-16(22)25-3)7-6-11-10-20-14-5-4-12(24-2)8-13(11)14/h4-5,8,10,15,20H,6-7,9H2,1-3H3/t15-/m0/s1. The maximum Gasteiger partial charge on any atom is 0.307 e. The predicted octanol–water partition coefficient (Wildman–Crippen LogP) is 2.21. The zero-order valence-electron chi connectivity index (χ0n) is 14.9. The Morgan fingerprint density at radius 1 is 1.38 bits per heavy atom. The number of H-pyrrole nitrogens is 1. The normalized spacial score (nSPS) is 18.7. The molecule has 0 saturated carbocycles. The Hall–Kier alpha value is -2.48. The van der Waals surface area contributed by atoms with Crippen molar-refractivity contribution in [2.24, 2.45) is 4.99 Å². The molecule has 0 spiro atoms. The second kappa shape index (κ2) is 7.82. The van der Waals surface area contributed by atoms with Crippen molar-refractivity contribution in [2.45, 2.75) is 18.1 Å². The summed E-state index contributed by atoms with van der Waals surface area (Å²) in [6.07, 6.45) is 2.68. The van der Waals surface area contributed by atoms with Crippen LogP contribution in [0.1, 0.15) is 12.0 Å². The molecule has 0 unspecified atom stereocenters. The molecule has 0 bridgehead atoms. The van der Waals surface area contributed by atoms with E-state index in [9.17, 15) is 9.59 Å². The molecule has 2 aromatic rings. The van der Waals surface area contributed by atoms with Crippen molar-refractivity contribution in [1.29, 1.82) is 0 Å². The summed E-state index contributed by atoms with van der Waals surface area (Å²) in [7, 11) is 4.61. The van der Waals surface area contributed by atoms with E-state index >= 15 is 0 Å². The summed E-state index contributed by atoms with van der Waals surface area (Å²) in [5.41, 5.74) is 2.12. The fraction of sp³-hybridized carbons (Fsp3) is 0.389. The SMILES string of the molecule is CN=C1S[C@@H](CC(=O)OC)C(=O)N1CCc1c[nH]c2ccc(OC)cc12. The quantitative estimate of drug-likeness (QED) is 0.783. The van der Waals surface area contributed by atoms with Crippen molar-refractivity contribution >= 4 is 39.7 Å². The number of nitrogens with one attached hydrogen (secondary N) is 1. The first-order valence-electron chi connectivity index (χ1n) is 8.23. The number of thioether (sulfide) groups is 1. The van der Waals surface area contributed by atoms with Gasteiger partial charge in [0.05, 0.1) is 20.6 Å². The number of hydrogen-bond donors (Lipinski definition) is 1. The number of aromatic amines is 1. The minimum atomic E-state index is -0.468. The first-order valence-corrected chi connectivity index (χ1v) is 9.11. The van der Waals surface area contributed by atoms with Gasteiger partial charge >= 0.3 is 5.97 Å². The van der Waals surface area contributed by atoms with Gasteiger partial charge in [-0.15, -0.1) is 0 Å². The lowest BCUT2D eigenvalue weighted by atomic mass is 10.1. The fourth-order valence-electron chi connectivity index (χ4n) is 2.98. The van der Waals surface area contributed by atoms with Crippen molar-refractivity contribution < 1.29 is 19.1 Å². The number of nitrogens with zero attached hydrogens (tertiary/aromatic N) is 2. The number of aliphatic imine (C=N–C) groups is 1. The smallest absolute Gasteiger partial charge is 0.307 e. The summed E-state index contributed by atoms with van der Waals surface area (Å²) >= 11 is 1.32. The van der Waals surface area contributed by atoms with Gasteiger partial charge in [0, 0.05) is 30.7 Å². The average molecular weight is 375 g/mol. The topological polar surface area (TPSA) is 84.0 Å². The first kappa shape index (κ1) is 18.3. The lowest BCUT2D eigenvalue weighted by Crippen LogP contribution is -2.34. The molecule has 2 heterocycles. The zero-order chi connectivity index (χ0) is 18.7. The van der Waals surface area contributed by atoms with Crippen LogP contribution in [0.25, 0.3) is 10.9 Å². The van der Waals surface area contributed by atoms with Gasteiger partial charge in [0.1, 0.15) is 11.0 Å². The molecule has 1 atom stereocenters. The third-order valence-corrected chi connectivity index (χ3v) is 5.64. The van der Waals surface area contributed by atoms with Crippen LogP contribution in [0.15, 0.2) is 29.4 Å². The first-order chi connectivity index (χ1) is 12.6. The number of aromatic nitrogens is 1. The molecule has 1 amide bonds. The molecule has 1 N–H and O–H groups in total. The van der Waals surface area contributed by atoms with Gasteiger partial charge < -0.3 is 14.5 Å². The number of carbonyl (C=O) groups is 2. The minimum Gasteiger partial charge on any atom is -0.497 e. The number of fused-ring (bicyclic) bond motifs is 1. The minimum absolute atomic E-state index is 0.0554. The molecule has 138 valence electrons. The van der Waals surface area contributed by atoms with Gasteiger partial charge in [0.2, 0.25) is 5.91 Å². The van der Waals surface area contributed by atoms with E-state index in [1.165, 1.54) is 18.9 Å². The van der Waals surface area contributed by atoms with Gasteiger partial charge in [-0.05, 0) is 30.2 Å². The summed E-state index contributed by atoms with van der Waals surface area (Å²) < 4.78 is 9.97. The molecular formula is C18H21N3O4S. The van der Waals surface area contributed by atoms with Crippen LogP contribution in [0.5, 0.6) is 5.75 Å². The van der Waals surface area contributed by atoms with E-state index in [0.717, 1.165) is 22.2 Å². The molecule has 1 saturated heterocycles. The van der Waals surface area contributed by atoms with E-state index in [1.54, 1.807) is 19.1 Å². The number of methoxy groups -OCH3 is 2. The highest BCUT2D eigenvalue weighted by Gasteiger charge is 2.38. The molecule has 1 aliphatic heterocycles. The molecule has 3 rings (SSSR count). The average Bonchev–Trinajstić information content (AvgIpc) is 3.20. The van der Waals surface area contributed by atoms with Crippen LogP contribution in [0, 0.1) is 0 Å². The number of rotatable bonds is 6. The molecule has 7 nitrogen and oxygen atoms in total. The summed E-state index contributed by atoms with van der Waals surface area (Å²) in [6, 6.07) is 5.86. The Labute approximate surface area is 155 Å². The Bertz CT molecular complexity index is 861. The number of ether oxygens (including phenoxy) is 2. The number of carbonyl (C=O) groups excluding carboxylic acids is 2. The molecular weight excluding hydrogens is 354 g/mol. The molecule has 0 radical (unpaired) electrons. The molecule has 0 aliphatic carbocycles. The van der Waals surface area contributed by atoms with Crippen LogP contribution in [0.2, 0.25) is 0 Å². The summed E-state index contributed by atoms with van der Waals surface area (Å²) in [6.45, 7) is 0.500. The summed E-state index contributed by atoms with van der Waals surface area (Å²) in [5.74, 6) is 0.301. The fourth-order valence-corrected chi connectivity index (χ4v) is 4.09. The Morgan fingerprint density at radius 2 is 2.19 bits per heavy atom. The molecule has 1 fully saturated rings. The zero-order valence-corrected chi connectivity index (χ0v) is 15.8. The van der Waals surface area contributed by atoms with Crippen LogP contribution in [-0.2, 0) is 20.7 Å². The lowest BCUT2D eigenvalue weighted by Gasteiger charge is -2.15. The Balaban J connectivity index is 1.74. The van der Waals surface area contributed by atoms with E-state index in [0.29, 0.717) is 18.1 Å². The number of esters is 1. The van der Waals surface area contributed by atoms with Crippen molar-refractivity contribution in [3.8, 4) is 5.75 Å². The van der Waals surface area contributed by atoms with E-state index < -0.39 is 11.2 Å². The van der Waals surface area contributed by atoms with Crippen molar-refractivity contribution in [1.82, 2.24) is 9.88 Å². The number of amides is 1. The van der Waals surface area contributed by atoms with Crippen molar-refractivity contribution in [3.63, 3.8) is 0 Å². The van der Waals surface area contributed by atoms with Crippen molar-refractivity contribution in [2.75, 3.05) is 27.8 Å². The highest BCUT2D eigenvalue weighted by atomic mass is 32.2. The predicted molar refractivity (Wildman–Crippen MR) is 102 cm³/mol. The van der Waals surface area contributed by atoms with Gasteiger partial charge in [0.15, 0.2) is 5.17 Å². The highest BCUT2D eigenvalue weighted by molar-refractivity contribution is 8.15. The summed E-state index contributed by atoms with van der Waals surface area (Å²) in [4.78, 5) is 33.2.